The van der Waals surface area contributed by atoms with Crippen molar-refractivity contribution in [2.45, 2.75) is 23.7 Å². The summed E-state index contributed by atoms with van der Waals surface area (Å²) in [5, 5.41) is 0. The number of benzene rings is 1. The molecule has 1 heterocycles. The smallest absolute Gasteiger partial charge is 0.250 e. The molecule has 0 aliphatic carbocycles. The summed E-state index contributed by atoms with van der Waals surface area (Å²) in [7, 11) is -2.21. The second kappa shape index (κ2) is 6.45. The van der Waals surface area contributed by atoms with Gasteiger partial charge in [-0.25, -0.2) is 17.5 Å². The summed E-state index contributed by atoms with van der Waals surface area (Å²) in [5.41, 5.74) is -0.785. The molecule has 0 radical (unpaired) electrons. The van der Waals surface area contributed by atoms with E-state index in [4.69, 9.17) is 4.74 Å². The minimum absolute atomic E-state index is 0.0658. The molecule has 1 unspecified atom stereocenters. The highest BCUT2D eigenvalue weighted by molar-refractivity contribution is 7.91. The molecule has 2 rings (SSSR count). The van der Waals surface area contributed by atoms with Crippen LogP contribution in [0.4, 0.5) is 4.39 Å². The fourth-order valence-corrected chi connectivity index (χ4v) is 4.48. The first-order valence-corrected chi connectivity index (χ1v) is 8.95. The molecular formula is C15H18FNO3S2. The highest BCUT2D eigenvalue weighted by atomic mass is 32.2. The van der Waals surface area contributed by atoms with Crippen LogP contribution in [0.15, 0.2) is 40.6 Å². The zero-order valence-corrected chi connectivity index (χ0v) is 14.2. The van der Waals surface area contributed by atoms with Gasteiger partial charge in [-0.1, -0.05) is 18.2 Å². The van der Waals surface area contributed by atoms with Crippen molar-refractivity contribution < 1.29 is 17.5 Å². The Kier molecular flexibility index (Phi) is 5.01. The molecule has 1 N–H and O–H groups in total. The molecule has 0 aliphatic heterocycles. The largest absolute Gasteiger partial charge is 0.372 e. The third-order valence-electron chi connectivity index (χ3n) is 3.47. The minimum Gasteiger partial charge on any atom is -0.372 e. The Morgan fingerprint density at radius 3 is 2.50 bits per heavy atom. The van der Waals surface area contributed by atoms with E-state index in [1.54, 1.807) is 37.3 Å². The molecule has 1 atom stereocenters. The van der Waals surface area contributed by atoms with Crippen molar-refractivity contribution in [1.82, 2.24) is 4.72 Å². The molecule has 7 heteroatoms. The van der Waals surface area contributed by atoms with Crippen LogP contribution in [0.3, 0.4) is 0 Å². The number of sulfonamides is 1. The van der Waals surface area contributed by atoms with Crippen LogP contribution in [-0.4, -0.2) is 22.1 Å². The summed E-state index contributed by atoms with van der Waals surface area (Å²) >= 11 is 1.19. The highest BCUT2D eigenvalue weighted by Gasteiger charge is 2.31. The van der Waals surface area contributed by atoms with E-state index in [0.29, 0.717) is 5.56 Å². The summed E-state index contributed by atoms with van der Waals surface area (Å²) in [6, 6.07) is 9.47. The third kappa shape index (κ3) is 3.55. The maximum atomic E-state index is 14.0. The monoisotopic (exact) mass is 343 g/mol. The van der Waals surface area contributed by atoms with Crippen LogP contribution < -0.4 is 4.72 Å². The van der Waals surface area contributed by atoms with Gasteiger partial charge in [0.15, 0.2) is 0 Å². The number of thiophene rings is 1. The lowest BCUT2D eigenvalue weighted by Gasteiger charge is -2.29. The summed E-state index contributed by atoms with van der Waals surface area (Å²) in [5.74, 6) is -0.432. The van der Waals surface area contributed by atoms with Crippen LogP contribution in [0.5, 0.6) is 0 Å². The van der Waals surface area contributed by atoms with Crippen molar-refractivity contribution in [2.75, 3.05) is 13.7 Å². The van der Waals surface area contributed by atoms with Crippen molar-refractivity contribution in [3.63, 3.8) is 0 Å². The van der Waals surface area contributed by atoms with Gasteiger partial charge in [0, 0.05) is 24.1 Å². The zero-order chi connectivity index (χ0) is 16.4. The molecule has 0 aliphatic rings. The van der Waals surface area contributed by atoms with Gasteiger partial charge < -0.3 is 4.74 Å². The number of methoxy groups -OCH3 is 1. The maximum Gasteiger partial charge on any atom is 0.250 e. The number of hydrogen-bond acceptors (Lipinski definition) is 4. The molecule has 22 heavy (non-hydrogen) atoms. The zero-order valence-electron chi connectivity index (χ0n) is 12.6. The van der Waals surface area contributed by atoms with Crippen molar-refractivity contribution in [2.24, 2.45) is 0 Å². The van der Waals surface area contributed by atoms with Crippen LogP contribution in [0.2, 0.25) is 0 Å². The van der Waals surface area contributed by atoms with Gasteiger partial charge in [0.25, 0.3) is 0 Å². The molecule has 0 saturated heterocycles. The van der Waals surface area contributed by atoms with Gasteiger partial charge in [-0.3, -0.25) is 0 Å². The van der Waals surface area contributed by atoms with Gasteiger partial charge in [0.2, 0.25) is 10.0 Å². The van der Waals surface area contributed by atoms with Gasteiger partial charge in [0.1, 0.15) is 15.6 Å². The summed E-state index contributed by atoms with van der Waals surface area (Å²) < 4.78 is 46.6. The van der Waals surface area contributed by atoms with Gasteiger partial charge in [-0.2, -0.15) is 0 Å². The van der Waals surface area contributed by atoms with E-state index >= 15 is 0 Å². The fraction of sp³-hybridized carbons (Fsp3) is 0.333. The number of halogens is 1. The number of ether oxygens (including phenoxy) is 1. The first kappa shape index (κ1) is 17.1. The maximum absolute atomic E-state index is 14.0. The topological polar surface area (TPSA) is 55.4 Å². The summed E-state index contributed by atoms with van der Waals surface area (Å²) in [4.78, 5) is 0.906. The van der Waals surface area contributed by atoms with E-state index in [1.165, 1.54) is 24.5 Å². The van der Waals surface area contributed by atoms with Crippen LogP contribution in [0, 0.1) is 12.7 Å². The van der Waals surface area contributed by atoms with Crippen molar-refractivity contribution >= 4 is 21.4 Å². The van der Waals surface area contributed by atoms with Crippen molar-refractivity contribution in [3.8, 4) is 0 Å². The number of rotatable bonds is 6. The molecule has 4 nitrogen and oxygen atoms in total. The lowest BCUT2D eigenvalue weighted by molar-refractivity contribution is 0.00411. The molecule has 0 bridgehead atoms. The van der Waals surface area contributed by atoms with Crippen molar-refractivity contribution in [1.29, 1.82) is 0 Å². The predicted octanol–water partition coefficient (Wildman–Crippen LogP) is 3.04. The molecule has 1 aromatic carbocycles. The molecule has 120 valence electrons. The van der Waals surface area contributed by atoms with E-state index in [-0.39, 0.29) is 10.8 Å². The third-order valence-corrected chi connectivity index (χ3v) is 6.37. The van der Waals surface area contributed by atoms with Gasteiger partial charge in [-0.05, 0) is 32.0 Å². The van der Waals surface area contributed by atoms with Crippen LogP contribution in [0.1, 0.15) is 17.4 Å². The second-order valence-corrected chi connectivity index (χ2v) is 8.39. The molecule has 0 spiro atoms. The Morgan fingerprint density at radius 1 is 1.27 bits per heavy atom. The highest BCUT2D eigenvalue weighted by Crippen LogP contribution is 2.27. The van der Waals surface area contributed by atoms with Gasteiger partial charge in [0.05, 0.1) is 0 Å². The molecule has 0 saturated carbocycles. The standard InChI is InChI=1S/C15H18FNO3S2/c1-11-8-9-14(21-11)22(18,19)17-10-15(2,20-3)12-6-4-5-7-13(12)16/h4-9,17H,10H2,1-3H3. The summed E-state index contributed by atoms with van der Waals surface area (Å²) in [6.07, 6.45) is 0. The lowest BCUT2D eigenvalue weighted by Crippen LogP contribution is -2.40. The molecule has 1 aromatic heterocycles. The average Bonchev–Trinajstić information content (AvgIpc) is 2.93. The van der Waals surface area contributed by atoms with E-state index < -0.39 is 21.4 Å². The normalized spacial score (nSPS) is 14.7. The lowest BCUT2D eigenvalue weighted by atomic mass is 9.95. The van der Waals surface area contributed by atoms with Gasteiger partial charge >= 0.3 is 0 Å². The van der Waals surface area contributed by atoms with Crippen LogP contribution in [0.25, 0.3) is 0 Å². The Balaban J connectivity index is 2.23. The Labute approximate surface area is 134 Å². The van der Waals surface area contributed by atoms with Gasteiger partial charge in [-0.15, -0.1) is 11.3 Å². The van der Waals surface area contributed by atoms with Crippen LogP contribution >= 0.6 is 11.3 Å². The molecule has 0 fully saturated rings. The van der Waals surface area contributed by atoms with E-state index in [2.05, 4.69) is 4.72 Å². The SMILES string of the molecule is COC(C)(CNS(=O)(=O)c1ccc(C)s1)c1ccccc1F. The quantitative estimate of drug-likeness (QED) is 0.877. The molecule has 2 aromatic rings. The Morgan fingerprint density at radius 2 is 1.95 bits per heavy atom. The van der Waals surface area contributed by atoms with E-state index in [1.807, 2.05) is 6.92 Å². The Hall–Kier alpha value is -1.28. The van der Waals surface area contributed by atoms with E-state index in [0.717, 1.165) is 4.88 Å². The Bertz CT molecular complexity index is 758. The second-order valence-electron chi connectivity index (χ2n) is 5.10. The first-order valence-electron chi connectivity index (χ1n) is 6.65. The molecular weight excluding hydrogens is 325 g/mol. The minimum atomic E-state index is -3.64. The van der Waals surface area contributed by atoms with Crippen molar-refractivity contribution in [3.05, 3.63) is 52.7 Å². The first-order chi connectivity index (χ1) is 10.3. The summed E-state index contributed by atoms with van der Waals surface area (Å²) in [6.45, 7) is 3.42. The van der Waals surface area contributed by atoms with E-state index in [9.17, 15) is 12.8 Å². The molecule has 0 amide bonds. The predicted molar refractivity (Wildman–Crippen MR) is 85.0 cm³/mol. The van der Waals surface area contributed by atoms with Crippen LogP contribution in [-0.2, 0) is 20.4 Å². The average molecular weight is 343 g/mol. The number of aryl methyl sites for hydroxylation is 1. The fourth-order valence-electron chi connectivity index (χ4n) is 2.03. The number of hydrogen-bond donors (Lipinski definition) is 1. The number of nitrogens with one attached hydrogen (secondary N) is 1.